The van der Waals surface area contributed by atoms with Crippen molar-refractivity contribution in [2.45, 2.75) is 6.92 Å². The number of aromatic nitrogens is 1. The standard InChI is InChI=1S/C19H15NO2/c1-14(21)22-18-11-9-16(10-12-18)15-5-7-17(8-6-15)19-4-2-3-13-20-19/h2-13H,1H3. The normalized spacial score (nSPS) is 10.2. The van der Waals surface area contributed by atoms with E-state index >= 15 is 0 Å². The molecular formula is C19H15NO2. The van der Waals surface area contributed by atoms with Crippen LogP contribution < -0.4 is 4.74 Å². The highest BCUT2D eigenvalue weighted by molar-refractivity contribution is 5.71. The molecule has 0 aliphatic rings. The molecule has 1 heterocycles. The van der Waals surface area contributed by atoms with E-state index in [1.165, 1.54) is 6.92 Å². The van der Waals surface area contributed by atoms with Crippen molar-refractivity contribution in [2.75, 3.05) is 0 Å². The zero-order valence-corrected chi connectivity index (χ0v) is 12.2. The molecule has 3 heteroatoms. The van der Waals surface area contributed by atoms with Crippen LogP contribution in [0.25, 0.3) is 22.4 Å². The predicted molar refractivity (Wildman–Crippen MR) is 86.4 cm³/mol. The highest BCUT2D eigenvalue weighted by Gasteiger charge is 2.02. The molecule has 0 saturated heterocycles. The summed E-state index contributed by atoms with van der Waals surface area (Å²) in [7, 11) is 0. The smallest absolute Gasteiger partial charge is 0.308 e. The molecule has 0 bridgehead atoms. The molecule has 3 rings (SSSR count). The Balaban J connectivity index is 1.82. The Bertz CT molecular complexity index is 763. The lowest BCUT2D eigenvalue weighted by molar-refractivity contribution is -0.131. The van der Waals surface area contributed by atoms with E-state index in [0.717, 1.165) is 22.4 Å². The van der Waals surface area contributed by atoms with E-state index in [-0.39, 0.29) is 5.97 Å². The van der Waals surface area contributed by atoms with Gasteiger partial charge in [-0.2, -0.15) is 0 Å². The molecule has 0 saturated carbocycles. The molecule has 108 valence electrons. The molecule has 0 unspecified atom stereocenters. The van der Waals surface area contributed by atoms with E-state index in [2.05, 4.69) is 29.2 Å². The quantitative estimate of drug-likeness (QED) is 0.532. The van der Waals surface area contributed by atoms with Crippen LogP contribution in [0.1, 0.15) is 6.92 Å². The number of pyridine rings is 1. The molecule has 0 amide bonds. The average Bonchev–Trinajstić information content (AvgIpc) is 2.56. The summed E-state index contributed by atoms with van der Waals surface area (Å²) in [5, 5.41) is 0. The Labute approximate surface area is 129 Å². The van der Waals surface area contributed by atoms with Crippen LogP contribution in [-0.4, -0.2) is 11.0 Å². The second-order valence-corrected chi connectivity index (χ2v) is 4.91. The minimum absolute atomic E-state index is 0.313. The van der Waals surface area contributed by atoms with Gasteiger partial charge in [0.2, 0.25) is 0 Å². The number of rotatable bonds is 3. The topological polar surface area (TPSA) is 39.2 Å². The first-order chi connectivity index (χ1) is 10.7. The Hall–Kier alpha value is -2.94. The van der Waals surface area contributed by atoms with Crippen LogP contribution in [-0.2, 0) is 4.79 Å². The molecule has 0 N–H and O–H groups in total. The van der Waals surface area contributed by atoms with Gasteiger partial charge >= 0.3 is 5.97 Å². The van der Waals surface area contributed by atoms with Crippen molar-refractivity contribution in [3.8, 4) is 28.1 Å². The number of ether oxygens (including phenoxy) is 1. The van der Waals surface area contributed by atoms with E-state index in [1.54, 1.807) is 18.3 Å². The van der Waals surface area contributed by atoms with Crippen LogP contribution in [0, 0.1) is 0 Å². The number of carbonyl (C=O) groups excluding carboxylic acids is 1. The third-order valence-corrected chi connectivity index (χ3v) is 3.29. The molecule has 0 aliphatic carbocycles. The lowest BCUT2D eigenvalue weighted by Crippen LogP contribution is -2.00. The highest BCUT2D eigenvalue weighted by Crippen LogP contribution is 2.25. The summed E-state index contributed by atoms with van der Waals surface area (Å²) >= 11 is 0. The van der Waals surface area contributed by atoms with Crippen LogP contribution in [0.5, 0.6) is 5.75 Å². The van der Waals surface area contributed by atoms with E-state index < -0.39 is 0 Å². The van der Waals surface area contributed by atoms with Crippen molar-refractivity contribution >= 4 is 5.97 Å². The number of nitrogens with zero attached hydrogens (tertiary/aromatic N) is 1. The van der Waals surface area contributed by atoms with Crippen molar-refractivity contribution in [3.05, 3.63) is 72.9 Å². The summed E-state index contributed by atoms with van der Waals surface area (Å²) in [6.45, 7) is 1.39. The third kappa shape index (κ3) is 3.20. The van der Waals surface area contributed by atoms with E-state index in [0.29, 0.717) is 5.75 Å². The highest BCUT2D eigenvalue weighted by atomic mass is 16.5. The average molecular weight is 289 g/mol. The number of carbonyl (C=O) groups is 1. The van der Waals surface area contributed by atoms with E-state index in [4.69, 9.17) is 4.74 Å². The predicted octanol–water partition coefficient (Wildman–Crippen LogP) is 4.34. The molecule has 3 aromatic rings. The number of hydrogen-bond donors (Lipinski definition) is 0. The van der Waals surface area contributed by atoms with Gasteiger partial charge in [0.25, 0.3) is 0 Å². The first-order valence-corrected chi connectivity index (χ1v) is 7.03. The summed E-state index contributed by atoms with van der Waals surface area (Å²) in [5.41, 5.74) is 4.22. The van der Waals surface area contributed by atoms with Crippen LogP contribution in [0.3, 0.4) is 0 Å². The van der Waals surface area contributed by atoms with Crippen LogP contribution in [0.2, 0.25) is 0 Å². The lowest BCUT2D eigenvalue weighted by atomic mass is 10.0. The van der Waals surface area contributed by atoms with Crippen LogP contribution in [0.15, 0.2) is 72.9 Å². The molecule has 22 heavy (non-hydrogen) atoms. The maximum Gasteiger partial charge on any atom is 0.308 e. The van der Waals surface area contributed by atoms with Gasteiger partial charge in [-0.1, -0.05) is 42.5 Å². The van der Waals surface area contributed by atoms with Gasteiger partial charge in [0.15, 0.2) is 0 Å². The SMILES string of the molecule is CC(=O)Oc1ccc(-c2ccc(-c3ccccn3)cc2)cc1. The van der Waals surface area contributed by atoms with Crippen molar-refractivity contribution in [3.63, 3.8) is 0 Å². The van der Waals surface area contributed by atoms with Crippen molar-refractivity contribution in [1.29, 1.82) is 0 Å². The molecule has 2 aromatic carbocycles. The van der Waals surface area contributed by atoms with Gasteiger partial charge in [-0.25, -0.2) is 0 Å². The van der Waals surface area contributed by atoms with Gasteiger partial charge in [0, 0.05) is 18.7 Å². The Kier molecular flexibility index (Phi) is 3.97. The summed E-state index contributed by atoms with van der Waals surface area (Å²) in [6, 6.07) is 21.6. The Morgan fingerprint density at radius 1 is 0.818 bits per heavy atom. The molecule has 0 aliphatic heterocycles. The monoisotopic (exact) mass is 289 g/mol. The first-order valence-electron chi connectivity index (χ1n) is 7.03. The summed E-state index contributed by atoms with van der Waals surface area (Å²) in [4.78, 5) is 15.3. The van der Waals surface area contributed by atoms with Gasteiger partial charge in [-0.3, -0.25) is 9.78 Å². The third-order valence-electron chi connectivity index (χ3n) is 3.29. The zero-order valence-electron chi connectivity index (χ0n) is 12.2. The molecule has 0 fully saturated rings. The molecule has 3 nitrogen and oxygen atoms in total. The molecule has 0 spiro atoms. The maximum atomic E-state index is 10.9. The minimum Gasteiger partial charge on any atom is -0.427 e. The molecule has 0 atom stereocenters. The fourth-order valence-corrected chi connectivity index (χ4v) is 2.25. The van der Waals surface area contributed by atoms with Crippen LogP contribution >= 0.6 is 0 Å². The second-order valence-electron chi connectivity index (χ2n) is 4.91. The van der Waals surface area contributed by atoms with Gasteiger partial charge in [-0.05, 0) is 35.4 Å². The van der Waals surface area contributed by atoms with Crippen molar-refractivity contribution < 1.29 is 9.53 Å². The molecule has 1 aromatic heterocycles. The summed E-state index contributed by atoms with van der Waals surface area (Å²) < 4.78 is 5.03. The number of benzene rings is 2. The van der Waals surface area contributed by atoms with E-state index in [9.17, 15) is 4.79 Å². The maximum absolute atomic E-state index is 10.9. The first kappa shape index (κ1) is 14.0. The number of hydrogen-bond acceptors (Lipinski definition) is 3. The summed E-state index contributed by atoms with van der Waals surface area (Å²) in [6.07, 6.45) is 1.79. The Morgan fingerprint density at radius 3 is 1.95 bits per heavy atom. The zero-order chi connectivity index (χ0) is 15.4. The summed E-state index contributed by atoms with van der Waals surface area (Å²) in [5.74, 6) is 0.244. The lowest BCUT2D eigenvalue weighted by Gasteiger charge is -2.06. The van der Waals surface area contributed by atoms with Gasteiger partial charge < -0.3 is 4.74 Å². The van der Waals surface area contributed by atoms with Crippen molar-refractivity contribution in [1.82, 2.24) is 4.98 Å². The number of esters is 1. The minimum atomic E-state index is -0.313. The fraction of sp³-hybridized carbons (Fsp3) is 0.0526. The second kappa shape index (κ2) is 6.22. The van der Waals surface area contributed by atoms with Gasteiger partial charge in [0.1, 0.15) is 5.75 Å². The van der Waals surface area contributed by atoms with Gasteiger partial charge in [0.05, 0.1) is 5.69 Å². The fourth-order valence-electron chi connectivity index (χ4n) is 2.25. The van der Waals surface area contributed by atoms with Crippen LogP contribution in [0.4, 0.5) is 0 Å². The van der Waals surface area contributed by atoms with E-state index in [1.807, 2.05) is 30.3 Å². The van der Waals surface area contributed by atoms with Crippen molar-refractivity contribution in [2.24, 2.45) is 0 Å². The molecular weight excluding hydrogens is 274 g/mol. The largest absolute Gasteiger partial charge is 0.427 e. The van der Waals surface area contributed by atoms with Gasteiger partial charge in [-0.15, -0.1) is 0 Å². The Morgan fingerprint density at radius 2 is 1.41 bits per heavy atom. The molecule has 0 radical (unpaired) electrons.